The Labute approximate surface area is 184 Å². The van der Waals surface area contributed by atoms with Crippen LogP contribution in [0.5, 0.6) is 0 Å². The summed E-state index contributed by atoms with van der Waals surface area (Å²) in [6.45, 7) is 8.13. The zero-order valence-corrected chi connectivity index (χ0v) is 18.7. The summed E-state index contributed by atoms with van der Waals surface area (Å²) < 4.78 is 5.58. The Balaban J connectivity index is 1.64. The van der Waals surface area contributed by atoms with Crippen LogP contribution in [0.15, 0.2) is 53.7 Å². The van der Waals surface area contributed by atoms with Crippen molar-refractivity contribution in [2.24, 2.45) is 5.16 Å². The van der Waals surface area contributed by atoms with Crippen molar-refractivity contribution in [3.05, 3.63) is 70.2 Å². The van der Waals surface area contributed by atoms with Crippen LogP contribution in [-0.4, -0.2) is 53.7 Å². The molecule has 5 nitrogen and oxygen atoms in total. The fourth-order valence-corrected chi connectivity index (χ4v) is 3.83. The van der Waals surface area contributed by atoms with Gasteiger partial charge in [-0.1, -0.05) is 53.2 Å². The molecule has 3 rings (SSSR count). The van der Waals surface area contributed by atoms with Gasteiger partial charge in [-0.15, -0.1) is 0 Å². The van der Waals surface area contributed by atoms with Gasteiger partial charge in [-0.2, -0.15) is 0 Å². The number of hydrogen-bond donors (Lipinski definition) is 1. The highest BCUT2D eigenvalue weighted by Gasteiger charge is 2.26. The lowest BCUT2D eigenvalue weighted by Gasteiger charge is -2.27. The van der Waals surface area contributed by atoms with E-state index in [1.165, 1.54) is 5.56 Å². The lowest BCUT2D eigenvalue weighted by molar-refractivity contribution is -0.0194. The molecule has 0 spiro atoms. The Hall–Kier alpha value is -1.92. The highest BCUT2D eigenvalue weighted by atomic mass is 35.5. The third-order valence-electron chi connectivity index (χ3n) is 5.04. The van der Waals surface area contributed by atoms with Crippen LogP contribution in [0.1, 0.15) is 37.0 Å². The van der Waals surface area contributed by atoms with Gasteiger partial charge in [0.15, 0.2) is 0 Å². The number of nitrogens with zero attached hydrogens (tertiary/aromatic N) is 2. The van der Waals surface area contributed by atoms with Gasteiger partial charge in [0, 0.05) is 36.6 Å². The summed E-state index contributed by atoms with van der Waals surface area (Å²) in [6.07, 6.45) is 0.196. The molecular formula is C24H31ClN2O3. The lowest BCUT2D eigenvalue weighted by atomic mass is 10.00. The molecule has 1 aliphatic rings. The molecule has 0 aliphatic carbocycles. The summed E-state index contributed by atoms with van der Waals surface area (Å²) >= 11 is 6.16. The molecule has 1 aliphatic heterocycles. The van der Waals surface area contributed by atoms with Gasteiger partial charge in [-0.05, 0) is 44.0 Å². The first kappa shape index (κ1) is 22.8. The van der Waals surface area contributed by atoms with E-state index in [1.54, 1.807) is 0 Å². The number of oxime groups is 1. The zero-order chi connectivity index (χ0) is 21.5. The summed E-state index contributed by atoms with van der Waals surface area (Å²) in [6, 6.07) is 16.0. The van der Waals surface area contributed by atoms with Crippen molar-refractivity contribution < 1.29 is 14.7 Å². The SMILES string of the molecule is Cc1ccccc1C1=NO[C@@H](CN(Cc2cccc(Cl)c2)C[C@H](O)COC(C)C)C1. The number of aliphatic hydroxyl groups excluding tert-OH is 1. The van der Waals surface area contributed by atoms with E-state index in [-0.39, 0.29) is 12.2 Å². The number of rotatable bonds is 10. The fourth-order valence-electron chi connectivity index (χ4n) is 3.62. The molecule has 1 N–H and O–H groups in total. The van der Waals surface area contributed by atoms with Gasteiger partial charge in [0.25, 0.3) is 0 Å². The average molecular weight is 431 g/mol. The Bertz CT molecular complexity index is 856. The number of halogens is 1. The normalized spacial score (nSPS) is 17.3. The van der Waals surface area contributed by atoms with E-state index in [2.05, 4.69) is 29.1 Å². The Morgan fingerprint density at radius 3 is 2.77 bits per heavy atom. The van der Waals surface area contributed by atoms with Crippen molar-refractivity contribution in [3.8, 4) is 0 Å². The first-order valence-electron chi connectivity index (χ1n) is 10.5. The topological polar surface area (TPSA) is 54.3 Å². The van der Waals surface area contributed by atoms with Crippen LogP contribution in [0.2, 0.25) is 5.02 Å². The second-order valence-electron chi connectivity index (χ2n) is 8.14. The lowest BCUT2D eigenvalue weighted by Crippen LogP contribution is -2.39. The minimum Gasteiger partial charge on any atom is -0.390 e. The molecule has 0 saturated heterocycles. The van der Waals surface area contributed by atoms with Crippen molar-refractivity contribution in [1.82, 2.24) is 4.90 Å². The van der Waals surface area contributed by atoms with Crippen molar-refractivity contribution >= 4 is 17.3 Å². The summed E-state index contributed by atoms with van der Waals surface area (Å²) in [5, 5.41) is 15.5. The third kappa shape index (κ3) is 6.81. The maximum Gasteiger partial charge on any atom is 0.145 e. The van der Waals surface area contributed by atoms with Gasteiger partial charge in [-0.3, -0.25) is 4.90 Å². The van der Waals surface area contributed by atoms with Crippen molar-refractivity contribution in [2.75, 3.05) is 19.7 Å². The van der Waals surface area contributed by atoms with Gasteiger partial charge in [0.2, 0.25) is 0 Å². The molecule has 6 heteroatoms. The van der Waals surface area contributed by atoms with E-state index >= 15 is 0 Å². The van der Waals surface area contributed by atoms with E-state index < -0.39 is 6.10 Å². The fraction of sp³-hybridized carbons (Fsp3) is 0.458. The Morgan fingerprint density at radius 2 is 2.03 bits per heavy atom. The van der Waals surface area contributed by atoms with Gasteiger partial charge in [-0.25, -0.2) is 0 Å². The Kier molecular flexibility index (Phi) is 8.28. The predicted octanol–water partition coefficient (Wildman–Crippen LogP) is 4.43. The molecule has 0 saturated carbocycles. The second-order valence-corrected chi connectivity index (χ2v) is 8.58. The highest BCUT2D eigenvalue weighted by molar-refractivity contribution is 6.30. The average Bonchev–Trinajstić information content (AvgIpc) is 3.15. The molecule has 0 fully saturated rings. The van der Waals surface area contributed by atoms with Crippen LogP contribution in [0.25, 0.3) is 0 Å². The molecule has 0 unspecified atom stereocenters. The zero-order valence-electron chi connectivity index (χ0n) is 17.9. The summed E-state index contributed by atoms with van der Waals surface area (Å²) in [5.74, 6) is 0. The molecule has 2 aromatic carbocycles. The smallest absolute Gasteiger partial charge is 0.145 e. The quantitative estimate of drug-likeness (QED) is 0.605. The monoisotopic (exact) mass is 430 g/mol. The Morgan fingerprint density at radius 1 is 1.23 bits per heavy atom. The molecule has 0 aromatic heterocycles. The van der Waals surface area contributed by atoms with Crippen LogP contribution in [0.3, 0.4) is 0 Å². The number of hydrogen-bond acceptors (Lipinski definition) is 5. The minimum atomic E-state index is -0.579. The first-order valence-corrected chi connectivity index (χ1v) is 10.8. The molecular weight excluding hydrogens is 400 g/mol. The van der Waals surface area contributed by atoms with Gasteiger partial charge < -0.3 is 14.7 Å². The van der Waals surface area contributed by atoms with E-state index in [9.17, 15) is 5.11 Å². The molecule has 2 aromatic rings. The van der Waals surface area contributed by atoms with E-state index in [0.717, 1.165) is 23.3 Å². The van der Waals surface area contributed by atoms with Crippen molar-refractivity contribution in [3.63, 3.8) is 0 Å². The molecule has 1 heterocycles. The number of aryl methyl sites for hydroxylation is 1. The van der Waals surface area contributed by atoms with Gasteiger partial charge >= 0.3 is 0 Å². The maximum absolute atomic E-state index is 10.5. The molecule has 2 atom stereocenters. The second kappa shape index (κ2) is 10.9. The van der Waals surface area contributed by atoms with Crippen molar-refractivity contribution in [2.45, 2.75) is 52.0 Å². The van der Waals surface area contributed by atoms with E-state index in [0.29, 0.717) is 31.3 Å². The first-order chi connectivity index (χ1) is 14.4. The largest absolute Gasteiger partial charge is 0.390 e. The van der Waals surface area contributed by atoms with E-state index in [4.69, 9.17) is 21.2 Å². The summed E-state index contributed by atoms with van der Waals surface area (Å²) in [4.78, 5) is 7.94. The van der Waals surface area contributed by atoms with Crippen LogP contribution < -0.4 is 0 Å². The van der Waals surface area contributed by atoms with Crippen LogP contribution >= 0.6 is 11.6 Å². The predicted molar refractivity (Wildman–Crippen MR) is 121 cm³/mol. The van der Waals surface area contributed by atoms with E-state index in [1.807, 2.05) is 50.2 Å². The van der Waals surface area contributed by atoms with Crippen molar-refractivity contribution in [1.29, 1.82) is 0 Å². The molecule has 0 bridgehead atoms. The van der Waals surface area contributed by atoms with Crippen LogP contribution in [-0.2, 0) is 16.1 Å². The molecule has 30 heavy (non-hydrogen) atoms. The molecule has 0 radical (unpaired) electrons. The summed E-state index contributed by atoms with van der Waals surface area (Å²) in [5.41, 5.74) is 4.39. The van der Waals surface area contributed by atoms with Gasteiger partial charge in [0.05, 0.1) is 24.5 Å². The minimum absolute atomic E-state index is 0.0583. The highest BCUT2D eigenvalue weighted by Crippen LogP contribution is 2.21. The number of benzene rings is 2. The third-order valence-corrected chi connectivity index (χ3v) is 5.27. The van der Waals surface area contributed by atoms with Gasteiger partial charge in [0.1, 0.15) is 6.10 Å². The number of ether oxygens (including phenoxy) is 1. The molecule has 0 amide bonds. The number of aliphatic hydroxyl groups is 1. The van der Waals surface area contributed by atoms with Crippen LogP contribution in [0, 0.1) is 6.92 Å². The van der Waals surface area contributed by atoms with Crippen LogP contribution in [0.4, 0.5) is 0 Å². The maximum atomic E-state index is 10.5. The summed E-state index contributed by atoms with van der Waals surface area (Å²) in [7, 11) is 0. The standard InChI is InChI=1S/C24H31ClN2O3/c1-17(2)29-16-21(28)14-27(13-19-8-6-9-20(25)11-19)15-22-12-24(26-30-22)23-10-5-4-7-18(23)3/h4-11,17,21-22,28H,12-16H2,1-3H3/t21-,22+/m0/s1. The molecule has 162 valence electrons.